The fourth-order valence-electron chi connectivity index (χ4n) is 1.98. The van der Waals surface area contributed by atoms with Gasteiger partial charge in [-0.3, -0.25) is 9.59 Å². The summed E-state index contributed by atoms with van der Waals surface area (Å²) in [5.41, 5.74) is 1.10. The molecule has 21 heavy (non-hydrogen) atoms. The zero-order chi connectivity index (χ0) is 15.5. The van der Waals surface area contributed by atoms with Gasteiger partial charge in [-0.2, -0.15) is 0 Å². The Balaban J connectivity index is 2.25. The Morgan fingerprint density at radius 2 is 2.00 bits per heavy atom. The van der Waals surface area contributed by atoms with Crippen LogP contribution in [0.2, 0.25) is 0 Å². The molecule has 114 valence electrons. The highest BCUT2D eigenvalue weighted by Gasteiger charge is 2.16. The molecule has 0 aliphatic rings. The monoisotopic (exact) mass is 289 g/mol. The molecule has 0 aliphatic carbocycles. The lowest BCUT2D eigenvalue weighted by atomic mass is 10.0. The van der Waals surface area contributed by atoms with E-state index in [2.05, 4.69) is 5.32 Å². The van der Waals surface area contributed by atoms with E-state index in [1.165, 1.54) is 0 Å². The number of carbonyl (C=O) groups is 2. The number of benzene rings is 1. The molecule has 1 rings (SSSR count). The van der Waals surface area contributed by atoms with Gasteiger partial charge in [0.1, 0.15) is 0 Å². The molecule has 0 radical (unpaired) electrons. The highest BCUT2D eigenvalue weighted by molar-refractivity contribution is 5.77. The minimum atomic E-state index is -0.846. The summed E-state index contributed by atoms with van der Waals surface area (Å²) in [5, 5.41) is 11.7. The van der Waals surface area contributed by atoms with E-state index in [0.29, 0.717) is 19.3 Å². The Labute approximate surface area is 125 Å². The molecule has 0 aliphatic heterocycles. The molecule has 4 heteroatoms. The lowest BCUT2D eigenvalue weighted by molar-refractivity contribution is -0.141. The minimum absolute atomic E-state index is 0.102. The predicted molar refractivity (Wildman–Crippen MR) is 83.8 cm³/mol. The van der Waals surface area contributed by atoms with Crippen molar-refractivity contribution in [1.82, 2.24) is 5.32 Å². The number of carboxylic acids is 1. The van der Waals surface area contributed by atoms with Crippen LogP contribution in [0.25, 0.3) is 6.08 Å². The van der Waals surface area contributed by atoms with Gasteiger partial charge in [0.05, 0.1) is 5.92 Å². The van der Waals surface area contributed by atoms with Gasteiger partial charge in [-0.15, -0.1) is 0 Å². The van der Waals surface area contributed by atoms with E-state index >= 15 is 0 Å². The van der Waals surface area contributed by atoms with Crippen LogP contribution >= 0.6 is 0 Å². The maximum absolute atomic E-state index is 11.6. The van der Waals surface area contributed by atoms with Crippen molar-refractivity contribution in [2.45, 2.75) is 32.6 Å². The summed E-state index contributed by atoms with van der Waals surface area (Å²) in [4.78, 5) is 22.6. The summed E-state index contributed by atoms with van der Waals surface area (Å²) in [5.74, 6) is -1.44. The summed E-state index contributed by atoms with van der Waals surface area (Å²) in [6, 6.07) is 9.88. The van der Waals surface area contributed by atoms with Crippen LogP contribution in [-0.2, 0) is 9.59 Å². The first-order chi connectivity index (χ1) is 10.1. The molecule has 2 N–H and O–H groups in total. The Kier molecular flexibility index (Phi) is 7.87. The second-order valence-electron chi connectivity index (χ2n) is 4.98. The fraction of sp³-hybridized carbons (Fsp3) is 0.412. The van der Waals surface area contributed by atoms with Gasteiger partial charge >= 0.3 is 5.97 Å². The standard InChI is InChI=1S/C17H23NO3/c1-2-8-15(17(20)21)13-18-16(19)12-7-6-11-14-9-4-3-5-10-14/h3-6,9-11,15H,2,7-8,12-13H2,1H3,(H,18,19)(H,20,21)/b11-6+. The highest BCUT2D eigenvalue weighted by Crippen LogP contribution is 2.06. The molecular formula is C17H23NO3. The molecule has 0 aromatic heterocycles. The quantitative estimate of drug-likeness (QED) is 0.734. The van der Waals surface area contributed by atoms with E-state index < -0.39 is 11.9 Å². The Hall–Kier alpha value is -2.10. The van der Waals surface area contributed by atoms with Crippen molar-refractivity contribution in [2.24, 2.45) is 5.92 Å². The van der Waals surface area contributed by atoms with Gasteiger partial charge < -0.3 is 10.4 Å². The molecule has 0 heterocycles. The Bertz CT molecular complexity index is 468. The van der Waals surface area contributed by atoms with Crippen molar-refractivity contribution < 1.29 is 14.7 Å². The van der Waals surface area contributed by atoms with Crippen molar-refractivity contribution in [2.75, 3.05) is 6.54 Å². The third-order valence-corrected chi connectivity index (χ3v) is 3.18. The topological polar surface area (TPSA) is 66.4 Å². The van der Waals surface area contributed by atoms with E-state index in [0.717, 1.165) is 12.0 Å². The Morgan fingerprint density at radius 3 is 2.62 bits per heavy atom. The summed E-state index contributed by atoms with van der Waals surface area (Å²) < 4.78 is 0. The van der Waals surface area contributed by atoms with Crippen LogP contribution < -0.4 is 5.32 Å². The number of carboxylic acid groups (broad SMARTS) is 1. The number of hydrogen-bond acceptors (Lipinski definition) is 2. The van der Waals surface area contributed by atoms with Crippen LogP contribution in [0.1, 0.15) is 38.2 Å². The number of aliphatic carboxylic acids is 1. The number of rotatable bonds is 9. The molecule has 0 saturated heterocycles. The van der Waals surface area contributed by atoms with Crippen molar-refractivity contribution in [3.8, 4) is 0 Å². The maximum atomic E-state index is 11.6. The van der Waals surface area contributed by atoms with Crippen LogP contribution in [-0.4, -0.2) is 23.5 Å². The average molecular weight is 289 g/mol. The lowest BCUT2D eigenvalue weighted by Crippen LogP contribution is -2.32. The molecule has 1 atom stereocenters. The number of carbonyl (C=O) groups excluding carboxylic acids is 1. The first kappa shape index (κ1) is 17.0. The van der Waals surface area contributed by atoms with Gasteiger partial charge in [0.25, 0.3) is 0 Å². The molecule has 0 saturated carbocycles. The van der Waals surface area contributed by atoms with Crippen LogP contribution in [0.15, 0.2) is 36.4 Å². The molecule has 1 unspecified atom stereocenters. The minimum Gasteiger partial charge on any atom is -0.481 e. The van der Waals surface area contributed by atoms with Gasteiger partial charge in [0.15, 0.2) is 0 Å². The summed E-state index contributed by atoms with van der Waals surface area (Å²) in [6.45, 7) is 2.15. The molecule has 1 aromatic rings. The normalized spacial score (nSPS) is 12.2. The summed E-state index contributed by atoms with van der Waals surface area (Å²) in [6.07, 6.45) is 6.34. The zero-order valence-corrected chi connectivity index (χ0v) is 12.4. The number of nitrogens with one attached hydrogen (secondary N) is 1. The van der Waals surface area contributed by atoms with Crippen molar-refractivity contribution in [3.63, 3.8) is 0 Å². The van der Waals surface area contributed by atoms with Gasteiger partial charge in [-0.05, 0) is 18.4 Å². The largest absolute Gasteiger partial charge is 0.481 e. The second kappa shape index (κ2) is 9.75. The first-order valence-corrected chi connectivity index (χ1v) is 7.34. The Morgan fingerprint density at radius 1 is 1.29 bits per heavy atom. The van der Waals surface area contributed by atoms with Crippen LogP contribution in [0.5, 0.6) is 0 Å². The first-order valence-electron chi connectivity index (χ1n) is 7.34. The maximum Gasteiger partial charge on any atom is 0.308 e. The number of amides is 1. The van der Waals surface area contributed by atoms with E-state index in [-0.39, 0.29) is 12.5 Å². The van der Waals surface area contributed by atoms with Crippen LogP contribution in [0, 0.1) is 5.92 Å². The van der Waals surface area contributed by atoms with E-state index in [9.17, 15) is 9.59 Å². The summed E-state index contributed by atoms with van der Waals surface area (Å²) in [7, 11) is 0. The third-order valence-electron chi connectivity index (χ3n) is 3.18. The fourth-order valence-corrected chi connectivity index (χ4v) is 1.98. The van der Waals surface area contributed by atoms with Crippen LogP contribution in [0.3, 0.4) is 0 Å². The SMILES string of the molecule is CCCC(CNC(=O)CC/C=C/c1ccccc1)C(=O)O. The van der Waals surface area contributed by atoms with Gasteiger partial charge in [0, 0.05) is 13.0 Å². The highest BCUT2D eigenvalue weighted by atomic mass is 16.4. The van der Waals surface area contributed by atoms with Crippen molar-refractivity contribution in [3.05, 3.63) is 42.0 Å². The van der Waals surface area contributed by atoms with Gasteiger partial charge in [-0.25, -0.2) is 0 Å². The van der Waals surface area contributed by atoms with Crippen molar-refractivity contribution in [1.29, 1.82) is 0 Å². The van der Waals surface area contributed by atoms with E-state index in [1.807, 2.05) is 49.4 Å². The molecule has 1 aromatic carbocycles. The van der Waals surface area contributed by atoms with E-state index in [4.69, 9.17) is 5.11 Å². The molecular weight excluding hydrogens is 266 g/mol. The molecule has 0 spiro atoms. The molecule has 0 fully saturated rings. The molecule has 0 bridgehead atoms. The summed E-state index contributed by atoms with van der Waals surface area (Å²) >= 11 is 0. The molecule has 1 amide bonds. The van der Waals surface area contributed by atoms with Crippen molar-refractivity contribution >= 4 is 18.0 Å². The van der Waals surface area contributed by atoms with Crippen LogP contribution in [0.4, 0.5) is 0 Å². The number of allylic oxidation sites excluding steroid dienone is 1. The number of hydrogen-bond donors (Lipinski definition) is 2. The predicted octanol–water partition coefficient (Wildman–Crippen LogP) is 3.10. The second-order valence-corrected chi connectivity index (χ2v) is 4.98. The third kappa shape index (κ3) is 7.30. The smallest absolute Gasteiger partial charge is 0.308 e. The lowest BCUT2D eigenvalue weighted by Gasteiger charge is -2.11. The van der Waals surface area contributed by atoms with E-state index in [1.54, 1.807) is 0 Å². The molecule has 4 nitrogen and oxygen atoms in total. The average Bonchev–Trinajstić information content (AvgIpc) is 2.48. The van der Waals surface area contributed by atoms with Gasteiger partial charge in [0.2, 0.25) is 5.91 Å². The zero-order valence-electron chi connectivity index (χ0n) is 12.4. The van der Waals surface area contributed by atoms with Gasteiger partial charge in [-0.1, -0.05) is 55.8 Å².